The van der Waals surface area contributed by atoms with Crippen molar-refractivity contribution in [3.63, 3.8) is 0 Å². The molecule has 0 fully saturated rings. The van der Waals surface area contributed by atoms with Crippen LogP contribution in [0.4, 0.5) is 5.69 Å². The summed E-state index contributed by atoms with van der Waals surface area (Å²) >= 11 is 0. The molecule has 3 rings (SSSR count). The lowest BCUT2D eigenvalue weighted by Gasteiger charge is -2.37. The van der Waals surface area contributed by atoms with E-state index in [4.69, 9.17) is 4.74 Å². The van der Waals surface area contributed by atoms with E-state index in [1.54, 1.807) is 12.1 Å². The molecule has 0 spiro atoms. The van der Waals surface area contributed by atoms with Crippen molar-refractivity contribution in [3.8, 4) is 0 Å². The fourth-order valence-corrected chi connectivity index (χ4v) is 4.43. The van der Waals surface area contributed by atoms with Gasteiger partial charge in [-0.05, 0) is 31.5 Å². The standard InChI is InChI=1S/C18H21NO3S/c1-3-6-18-19(17-8-5-4-7-15(17)13-22-18)23(20,21)16-11-9-14(2)10-12-16/h4-5,7-12,18H,3,6,13H2,1-2H3. The number of hydrogen-bond donors (Lipinski definition) is 0. The van der Waals surface area contributed by atoms with Crippen LogP contribution in [0.25, 0.3) is 0 Å². The van der Waals surface area contributed by atoms with Gasteiger partial charge in [0.2, 0.25) is 0 Å². The van der Waals surface area contributed by atoms with E-state index < -0.39 is 16.3 Å². The third kappa shape index (κ3) is 2.99. The zero-order chi connectivity index (χ0) is 16.4. The predicted octanol–water partition coefficient (Wildman–Crippen LogP) is 3.85. The molecular formula is C18H21NO3S. The second kappa shape index (κ2) is 6.34. The Morgan fingerprint density at radius 3 is 2.52 bits per heavy atom. The van der Waals surface area contributed by atoms with Crippen LogP contribution in [0, 0.1) is 6.92 Å². The van der Waals surface area contributed by atoms with Crippen LogP contribution >= 0.6 is 0 Å². The van der Waals surface area contributed by atoms with Crippen LogP contribution in [-0.2, 0) is 21.4 Å². The number of fused-ring (bicyclic) bond motifs is 1. The van der Waals surface area contributed by atoms with E-state index in [2.05, 4.69) is 0 Å². The number of ether oxygens (including phenoxy) is 1. The second-order valence-electron chi connectivity index (χ2n) is 5.80. The highest BCUT2D eigenvalue weighted by Gasteiger charge is 2.36. The quantitative estimate of drug-likeness (QED) is 0.855. The molecule has 1 atom stereocenters. The SMILES string of the molecule is CCCC1OCc2ccccc2N1S(=O)(=O)c1ccc(C)cc1. The lowest BCUT2D eigenvalue weighted by molar-refractivity contribution is 0.0336. The molecule has 0 radical (unpaired) electrons. The summed E-state index contributed by atoms with van der Waals surface area (Å²) in [7, 11) is -3.66. The van der Waals surface area contributed by atoms with Gasteiger partial charge in [-0.15, -0.1) is 0 Å². The lowest BCUT2D eigenvalue weighted by Crippen LogP contribution is -2.45. The number of rotatable bonds is 4. The number of nitrogens with zero attached hydrogens (tertiary/aromatic N) is 1. The number of anilines is 1. The molecule has 5 heteroatoms. The molecule has 1 aliphatic rings. The Kier molecular flexibility index (Phi) is 4.41. The van der Waals surface area contributed by atoms with E-state index in [1.807, 2.05) is 50.2 Å². The molecule has 0 saturated carbocycles. The summed E-state index contributed by atoms with van der Waals surface area (Å²) in [6.45, 7) is 4.41. The van der Waals surface area contributed by atoms with Crippen molar-refractivity contribution in [1.29, 1.82) is 0 Å². The normalized spacial score (nSPS) is 17.8. The Hall–Kier alpha value is -1.85. The maximum Gasteiger partial charge on any atom is 0.266 e. The Labute approximate surface area is 137 Å². The van der Waals surface area contributed by atoms with Crippen LogP contribution in [0.3, 0.4) is 0 Å². The highest BCUT2D eigenvalue weighted by Crippen LogP contribution is 2.35. The van der Waals surface area contributed by atoms with E-state index in [9.17, 15) is 8.42 Å². The van der Waals surface area contributed by atoms with Gasteiger partial charge in [0.1, 0.15) is 6.23 Å². The third-order valence-electron chi connectivity index (χ3n) is 4.04. The molecule has 1 unspecified atom stereocenters. The Bertz CT molecular complexity index is 784. The average Bonchev–Trinajstić information content (AvgIpc) is 2.55. The topological polar surface area (TPSA) is 46.6 Å². The van der Waals surface area contributed by atoms with Gasteiger partial charge in [-0.3, -0.25) is 0 Å². The monoisotopic (exact) mass is 331 g/mol. The molecule has 0 bridgehead atoms. The number of para-hydroxylation sites is 1. The third-order valence-corrected chi connectivity index (χ3v) is 5.85. The minimum Gasteiger partial charge on any atom is -0.353 e. The molecule has 1 heterocycles. The molecule has 0 amide bonds. The summed E-state index contributed by atoms with van der Waals surface area (Å²) in [5, 5.41) is 0. The van der Waals surface area contributed by atoms with Crippen LogP contribution < -0.4 is 4.31 Å². The zero-order valence-electron chi connectivity index (χ0n) is 13.4. The van der Waals surface area contributed by atoms with E-state index in [0.29, 0.717) is 17.9 Å². The van der Waals surface area contributed by atoms with Crippen molar-refractivity contribution in [2.45, 2.75) is 44.4 Å². The van der Waals surface area contributed by atoms with Crippen LogP contribution in [0.5, 0.6) is 0 Å². The van der Waals surface area contributed by atoms with Crippen LogP contribution in [0.1, 0.15) is 30.9 Å². The lowest BCUT2D eigenvalue weighted by atomic mass is 10.1. The molecule has 0 saturated heterocycles. The molecule has 4 nitrogen and oxygen atoms in total. The van der Waals surface area contributed by atoms with Gasteiger partial charge in [-0.2, -0.15) is 0 Å². The van der Waals surface area contributed by atoms with Crippen LogP contribution in [0.2, 0.25) is 0 Å². The average molecular weight is 331 g/mol. The molecule has 23 heavy (non-hydrogen) atoms. The van der Waals surface area contributed by atoms with Gasteiger partial charge in [0.05, 0.1) is 17.2 Å². The summed E-state index contributed by atoms with van der Waals surface area (Å²) in [6, 6.07) is 14.5. The molecule has 2 aromatic rings. The summed E-state index contributed by atoms with van der Waals surface area (Å²) in [5.41, 5.74) is 2.65. The first kappa shape index (κ1) is 16.0. The van der Waals surface area contributed by atoms with Crippen molar-refractivity contribution in [2.24, 2.45) is 0 Å². The Morgan fingerprint density at radius 2 is 1.83 bits per heavy atom. The first-order chi connectivity index (χ1) is 11.0. The molecule has 122 valence electrons. The highest BCUT2D eigenvalue weighted by molar-refractivity contribution is 7.92. The number of hydrogen-bond acceptors (Lipinski definition) is 3. The van der Waals surface area contributed by atoms with Crippen molar-refractivity contribution in [2.75, 3.05) is 4.31 Å². The van der Waals surface area contributed by atoms with E-state index in [-0.39, 0.29) is 0 Å². The Morgan fingerprint density at radius 1 is 1.13 bits per heavy atom. The summed E-state index contributed by atoms with van der Waals surface area (Å²) < 4.78 is 33.7. The summed E-state index contributed by atoms with van der Waals surface area (Å²) in [6.07, 6.45) is 1.06. The molecule has 0 aromatic heterocycles. The van der Waals surface area contributed by atoms with Gasteiger partial charge < -0.3 is 4.74 Å². The van der Waals surface area contributed by atoms with Gasteiger partial charge in [-0.1, -0.05) is 49.2 Å². The van der Waals surface area contributed by atoms with Crippen LogP contribution in [0.15, 0.2) is 53.4 Å². The molecule has 0 aliphatic carbocycles. The maximum absolute atomic E-state index is 13.2. The van der Waals surface area contributed by atoms with Crippen molar-refractivity contribution in [3.05, 3.63) is 59.7 Å². The molecule has 0 N–H and O–H groups in total. The molecular weight excluding hydrogens is 310 g/mol. The van der Waals surface area contributed by atoms with Crippen molar-refractivity contribution < 1.29 is 13.2 Å². The van der Waals surface area contributed by atoms with E-state index >= 15 is 0 Å². The van der Waals surface area contributed by atoms with Gasteiger partial charge in [0.25, 0.3) is 10.0 Å². The van der Waals surface area contributed by atoms with E-state index in [1.165, 1.54) is 4.31 Å². The van der Waals surface area contributed by atoms with Gasteiger partial charge >= 0.3 is 0 Å². The van der Waals surface area contributed by atoms with Crippen molar-refractivity contribution >= 4 is 15.7 Å². The second-order valence-corrected chi connectivity index (χ2v) is 7.61. The molecule has 1 aliphatic heterocycles. The molecule has 2 aromatic carbocycles. The fourth-order valence-electron chi connectivity index (χ4n) is 2.81. The number of benzene rings is 2. The van der Waals surface area contributed by atoms with Gasteiger partial charge in [0.15, 0.2) is 0 Å². The summed E-state index contributed by atoms with van der Waals surface area (Å²) in [4.78, 5) is 0.296. The van der Waals surface area contributed by atoms with Crippen molar-refractivity contribution in [1.82, 2.24) is 0 Å². The largest absolute Gasteiger partial charge is 0.353 e. The number of sulfonamides is 1. The van der Waals surface area contributed by atoms with Crippen LogP contribution in [-0.4, -0.2) is 14.6 Å². The first-order valence-electron chi connectivity index (χ1n) is 7.84. The van der Waals surface area contributed by atoms with E-state index in [0.717, 1.165) is 23.2 Å². The predicted molar refractivity (Wildman–Crippen MR) is 90.8 cm³/mol. The smallest absolute Gasteiger partial charge is 0.266 e. The first-order valence-corrected chi connectivity index (χ1v) is 9.28. The fraction of sp³-hybridized carbons (Fsp3) is 0.333. The number of aryl methyl sites for hydroxylation is 1. The zero-order valence-corrected chi connectivity index (χ0v) is 14.2. The Balaban J connectivity index is 2.11. The maximum atomic E-state index is 13.2. The minimum atomic E-state index is -3.66. The van der Waals surface area contributed by atoms with Gasteiger partial charge in [-0.25, -0.2) is 12.7 Å². The van der Waals surface area contributed by atoms with Gasteiger partial charge in [0, 0.05) is 5.56 Å². The highest BCUT2D eigenvalue weighted by atomic mass is 32.2. The minimum absolute atomic E-state index is 0.296. The summed E-state index contributed by atoms with van der Waals surface area (Å²) in [5.74, 6) is 0.